The third kappa shape index (κ3) is 4.33. The van der Waals surface area contributed by atoms with E-state index in [4.69, 9.17) is 10.6 Å². The highest BCUT2D eigenvalue weighted by Crippen LogP contribution is 2.41. The van der Waals surface area contributed by atoms with Gasteiger partial charge in [0.2, 0.25) is 11.5 Å². The maximum absolute atomic E-state index is 13.0. The molecule has 1 fully saturated rings. The Morgan fingerprint density at radius 3 is 2.92 bits per heavy atom. The Labute approximate surface area is 218 Å². The number of nitrogen functional groups attached to an aromatic ring is 1. The van der Waals surface area contributed by atoms with Gasteiger partial charge < -0.3 is 31.3 Å². The topological polar surface area (TPSA) is 179 Å². The fraction of sp³-hybridized carbons (Fsp3) is 0.263. The maximum Gasteiger partial charge on any atom is 0.352 e. The number of fused-ring (bicyclic) bond motifs is 2. The molecule has 1 aromatic rings. The van der Waals surface area contributed by atoms with E-state index in [1.54, 1.807) is 11.2 Å². The van der Waals surface area contributed by atoms with Crippen LogP contribution in [-0.4, -0.2) is 83.6 Å². The van der Waals surface area contributed by atoms with E-state index in [0.29, 0.717) is 11.3 Å². The minimum atomic E-state index is -1.21. The fourth-order valence-corrected chi connectivity index (χ4v) is 5.71. The molecule has 0 aliphatic carbocycles. The molecule has 5 rings (SSSR count). The van der Waals surface area contributed by atoms with Crippen molar-refractivity contribution in [3.8, 4) is 0 Å². The van der Waals surface area contributed by atoms with Gasteiger partial charge in [0.25, 0.3) is 11.8 Å². The molecule has 0 aromatic carbocycles. The number of β-lactam (4-membered cyclic amide) rings is 1. The number of carbonyl (C=O) groups is 3. The Morgan fingerprint density at radius 2 is 2.22 bits per heavy atom. The smallest absolute Gasteiger partial charge is 0.352 e. The van der Waals surface area contributed by atoms with Gasteiger partial charge in [-0.2, -0.15) is 9.36 Å². The number of rotatable bonds is 7. The number of amides is 2. The summed E-state index contributed by atoms with van der Waals surface area (Å²) < 4.78 is 3.95. The maximum atomic E-state index is 13.0. The van der Waals surface area contributed by atoms with Gasteiger partial charge in [0.05, 0.1) is 0 Å². The van der Waals surface area contributed by atoms with Crippen LogP contribution >= 0.6 is 35.7 Å². The molecule has 4 aliphatic rings. The number of hydrogen-bond acceptors (Lipinski definition) is 13. The number of carboxylic acid groups (broad SMARTS) is 1. The number of oxime groups is 1. The van der Waals surface area contributed by atoms with Crippen LogP contribution in [0.5, 0.6) is 0 Å². The highest BCUT2D eigenvalue weighted by atomic mass is 35.5. The molecule has 0 saturated carbocycles. The van der Waals surface area contributed by atoms with Gasteiger partial charge in [-0.05, 0) is 17.7 Å². The zero-order valence-corrected chi connectivity index (χ0v) is 21.0. The number of carbonyl (C=O) groups excluding carboxylic acids is 2. The summed E-state index contributed by atoms with van der Waals surface area (Å²) in [6, 6.07) is -0.945. The van der Waals surface area contributed by atoms with Crippen molar-refractivity contribution in [1.29, 1.82) is 0 Å². The van der Waals surface area contributed by atoms with Gasteiger partial charge in [-0.1, -0.05) is 5.16 Å². The van der Waals surface area contributed by atoms with Crippen molar-refractivity contribution in [1.82, 2.24) is 34.9 Å². The number of carboxylic acids is 1. The first-order valence-electron chi connectivity index (χ1n) is 10.2. The Hall–Kier alpha value is -3.76. The van der Waals surface area contributed by atoms with Crippen molar-refractivity contribution in [2.45, 2.75) is 11.4 Å². The van der Waals surface area contributed by atoms with Crippen molar-refractivity contribution >= 4 is 64.3 Å². The number of aromatic nitrogens is 2. The van der Waals surface area contributed by atoms with Gasteiger partial charge in [0.15, 0.2) is 5.13 Å². The molecule has 5 N–H and O–H groups in total. The molecule has 2 atom stereocenters. The summed E-state index contributed by atoms with van der Waals surface area (Å²) in [6.07, 6.45) is 9.15. The van der Waals surface area contributed by atoms with Gasteiger partial charge >= 0.3 is 5.97 Å². The van der Waals surface area contributed by atoms with E-state index in [1.165, 1.54) is 23.8 Å². The van der Waals surface area contributed by atoms with E-state index in [2.05, 4.69) is 25.3 Å². The summed E-state index contributed by atoms with van der Waals surface area (Å²) in [6.45, 7) is 0.290. The summed E-state index contributed by atoms with van der Waals surface area (Å²) in [4.78, 5) is 49.7. The average Bonchev–Trinajstić information content (AvgIpc) is 3.46. The number of thioether (sulfide) groups is 1. The summed E-state index contributed by atoms with van der Waals surface area (Å²) in [5, 5.41) is 17.5. The molecule has 1 aromatic heterocycles. The molecule has 0 spiro atoms. The molecule has 1 saturated heterocycles. The van der Waals surface area contributed by atoms with E-state index in [-0.39, 0.29) is 41.3 Å². The summed E-state index contributed by atoms with van der Waals surface area (Å²) in [5.41, 5.74) is 8.91. The van der Waals surface area contributed by atoms with E-state index < -0.39 is 29.2 Å². The Morgan fingerprint density at radius 1 is 1.42 bits per heavy atom. The van der Waals surface area contributed by atoms with E-state index in [0.717, 1.165) is 17.4 Å². The van der Waals surface area contributed by atoms with Crippen molar-refractivity contribution in [3.05, 3.63) is 53.7 Å². The zero-order chi connectivity index (χ0) is 24.7. The van der Waals surface area contributed by atoms with Crippen molar-refractivity contribution in [2.75, 3.05) is 25.1 Å². The Balaban J connectivity index is 0.00000304. The first-order chi connectivity index (χ1) is 16.9. The normalized spacial score (nSPS) is 22.2. The van der Waals surface area contributed by atoms with Crippen LogP contribution in [0.15, 0.2) is 53.0 Å². The second-order valence-electron chi connectivity index (χ2n) is 7.51. The number of anilines is 1. The predicted molar refractivity (Wildman–Crippen MR) is 133 cm³/mol. The lowest BCUT2D eigenvalue weighted by Gasteiger charge is -2.49. The molecule has 0 bridgehead atoms. The van der Waals surface area contributed by atoms with Crippen molar-refractivity contribution < 1.29 is 24.3 Å². The fourth-order valence-electron chi connectivity index (χ4n) is 3.94. The van der Waals surface area contributed by atoms with E-state index in [1.807, 2.05) is 29.5 Å². The van der Waals surface area contributed by atoms with Gasteiger partial charge in [-0.3, -0.25) is 14.5 Å². The van der Waals surface area contributed by atoms with Crippen LogP contribution < -0.4 is 16.5 Å². The molecule has 0 unspecified atom stereocenters. The van der Waals surface area contributed by atoms with E-state index in [9.17, 15) is 19.5 Å². The third-order valence-electron chi connectivity index (χ3n) is 5.44. The molecular formula is C19H20ClN9O5S2. The Bertz CT molecular complexity index is 1260. The monoisotopic (exact) mass is 553 g/mol. The molecule has 4 aliphatic heterocycles. The van der Waals surface area contributed by atoms with Gasteiger partial charge in [-0.25, -0.2) is 9.80 Å². The molecule has 190 valence electrons. The molecule has 36 heavy (non-hydrogen) atoms. The van der Waals surface area contributed by atoms with Crippen molar-refractivity contribution in [2.24, 2.45) is 5.16 Å². The number of nitrogens with zero attached hydrogens (tertiary/aromatic N) is 6. The average molecular weight is 554 g/mol. The number of hydrogen-bond donors (Lipinski definition) is 4. The second kappa shape index (κ2) is 10.1. The molecular weight excluding hydrogens is 534 g/mol. The van der Waals surface area contributed by atoms with Crippen LogP contribution in [0, 0.1) is 0 Å². The third-order valence-corrected chi connectivity index (χ3v) is 7.32. The lowest BCUT2D eigenvalue weighted by Crippen LogP contribution is -2.71. The summed E-state index contributed by atoms with van der Waals surface area (Å²) in [7, 11) is 1.26. The summed E-state index contributed by atoms with van der Waals surface area (Å²) in [5.74, 6) is -1.31. The lowest BCUT2D eigenvalue weighted by molar-refractivity contribution is -0.150. The first-order valence-corrected chi connectivity index (χ1v) is 12.0. The molecule has 2 amide bonds. The van der Waals surface area contributed by atoms with Gasteiger partial charge in [-0.15, -0.1) is 24.2 Å². The minimum absolute atomic E-state index is 0. The number of halogens is 1. The quantitative estimate of drug-likeness (QED) is 0.195. The number of allylic oxidation sites excluding steroid dienone is 2. The number of hydrazine groups is 1. The van der Waals surface area contributed by atoms with Gasteiger partial charge in [0.1, 0.15) is 30.0 Å². The second-order valence-corrected chi connectivity index (χ2v) is 9.39. The molecule has 17 heteroatoms. The highest BCUT2D eigenvalue weighted by molar-refractivity contribution is 8.00. The largest absolute Gasteiger partial charge is 0.477 e. The number of nitrogens with two attached hydrogens (primary N) is 1. The van der Waals surface area contributed by atoms with Crippen LogP contribution in [-0.2, 0) is 19.2 Å². The molecule has 0 radical (unpaired) electrons. The van der Waals surface area contributed by atoms with Crippen LogP contribution in [0.3, 0.4) is 0 Å². The lowest BCUT2D eigenvalue weighted by atomic mass is 10.0. The van der Waals surface area contributed by atoms with E-state index >= 15 is 0 Å². The number of nitrogens with one attached hydrogen (secondary N) is 2. The zero-order valence-electron chi connectivity index (χ0n) is 18.5. The minimum Gasteiger partial charge on any atom is -0.477 e. The van der Waals surface area contributed by atoms with Crippen LogP contribution in [0.2, 0.25) is 0 Å². The molecule has 5 heterocycles. The number of aliphatic carboxylic acids is 1. The SMILES string of the molecule is CO/N=C(\C(=O)N[C@@H]1C(=O)N2C(C(=O)O)=C(CN3C=CN4NC=CC=C34)CS[C@@H]12)c1nsc(N)n1.Cl. The predicted octanol–water partition coefficient (Wildman–Crippen LogP) is -0.407. The van der Waals surface area contributed by atoms with Crippen molar-refractivity contribution in [3.63, 3.8) is 0 Å². The molecule has 14 nitrogen and oxygen atoms in total. The first kappa shape index (κ1) is 25.3. The highest BCUT2D eigenvalue weighted by Gasteiger charge is 2.54. The van der Waals surface area contributed by atoms with Crippen LogP contribution in [0.4, 0.5) is 5.13 Å². The van der Waals surface area contributed by atoms with Crippen LogP contribution in [0.25, 0.3) is 0 Å². The standard InChI is InChI=1S/C19H19N9O5S2.ClH/c1-33-24-11(14-23-19(20)35-25-14)15(29)22-12-16(30)28-13(18(31)32)9(8-34-17(12)28)7-26-5-6-27-10(26)3-2-4-21-27;/h2-6,12,17,21H,7-8H2,1H3,(H,22,29)(H,31,32)(H2,20,23,25);1H/b24-11-;/t12-,17+;/m1./s1. The Kier molecular flexibility index (Phi) is 7.09. The summed E-state index contributed by atoms with van der Waals surface area (Å²) >= 11 is 2.25. The van der Waals surface area contributed by atoms with Gasteiger partial charge in [0, 0.05) is 42.4 Å². The van der Waals surface area contributed by atoms with Crippen LogP contribution in [0.1, 0.15) is 5.82 Å².